The molecule has 2 aliphatic carbocycles. The first-order valence-electron chi connectivity index (χ1n) is 8.24. The van der Waals surface area contributed by atoms with Crippen LogP contribution in [0.3, 0.4) is 0 Å². The normalized spacial score (nSPS) is 31.8. The van der Waals surface area contributed by atoms with Crippen molar-refractivity contribution in [2.45, 2.75) is 51.2 Å². The molecule has 2 N–H and O–H groups in total. The van der Waals surface area contributed by atoms with Gasteiger partial charge in [0.05, 0.1) is 17.4 Å². The molecule has 120 valence electrons. The molecular formula is C16H23N3O2S. The van der Waals surface area contributed by atoms with Crippen molar-refractivity contribution in [2.24, 2.45) is 11.3 Å². The van der Waals surface area contributed by atoms with Crippen LogP contribution in [0.2, 0.25) is 0 Å². The molecular weight excluding hydrogens is 298 g/mol. The van der Waals surface area contributed by atoms with Gasteiger partial charge in [0.15, 0.2) is 0 Å². The number of fused-ring (bicyclic) bond motifs is 2. The van der Waals surface area contributed by atoms with Gasteiger partial charge in [-0.05, 0) is 37.7 Å². The van der Waals surface area contributed by atoms with E-state index in [-0.39, 0.29) is 17.4 Å². The van der Waals surface area contributed by atoms with Gasteiger partial charge < -0.3 is 15.4 Å². The van der Waals surface area contributed by atoms with E-state index in [1.165, 1.54) is 37.2 Å². The lowest BCUT2D eigenvalue weighted by Crippen LogP contribution is -2.68. The van der Waals surface area contributed by atoms with Gasteiger partial charge in [-0.1, -0.05) is 12.8 Å². The Bertz CT molecular complexity index is 594. The Hall–Kier alpha value is -1.14. The third kappa shape index (κ3) is 1.86. The number of anilines is 1. The van der Waals surface area contributed by atoms with Crippen LogP contribution in [0.15, 0.2) is 0 Å². The van der Waals surface area contributed by atoms with E-state index >= 15 is 0 Å². The van der Waals surface area contributed by atoms with E-state index in [9.17, 15) is 4.79 Å². The van der Waals surface area contributed by atoms with Crippen LogP contribution in [0.25, 0.3) is 0 Å². The molecule has 1 saturated heterocycles. The molecule has 0 unspecified atom stereocenters. The molecule has 1 spiro atoms. The van der Waals surface area contributed by atoms with Crippen molar-refractivity contribution in [1.29, 1.82) is 0 Å². The molecule has 1 aromatic heterocycles. The number of hydrogen-bond donors (Lipinski definition) is 2. The van der Waals surface area contributed by atoms with Gasteiger partial charge in [0.2, 0.25) is 0 Å². The van der Waals surface area contributed by atoms with Crippen LogP contribution < -0.4 is 10.6 Å². The lowest BCUT2D eigenvalue weighted by molar-refractivity contribution is -0.126. The summed E-state index contributed by atoms with van der Waals surface area (Å²) >= 11 is 1.35. The zero-order valence-electron chi connectivity index (χ0n) is 13.1. The number of nitrogens with one attached hydrogen (secondary N) is 2. The number of aromatic nitrogens is 1. The first-order chi connectivity index (χ1) is 10.7. The Balaban J connectivity index is 1.57. The van der Waals surface area contributed by atoms with Crippen molar-refractivity contribution in [3.8, 4) is 0 Å². The summed E-state index contributed by atoms with van der Waals surface area (Å²) in [4.78, 5) is 12.8. The quantitative estimate of drug-likeness (QED) is 0.898. The number of aryl methyl sites for hydroxylation is 1. The summed E-state index contributed by atoms with van der Waals surface area (Å²) in [5.41, 5.74) is 1.72. The summed E-state index contributed by atoms with van der Waals surface area (Å²) in [6.07, 6.45) is 6.37. The molecule has 4 rings (SSSR count). The molecule has 0 bridgehead atoms. The number of amides is 1. The van der Waals surface area contributed by atoms with Gasteiger partial charge in [0, 0.05) is 31.0 Å². The third-order valence-electron chi connectivity index (χ3n) is 5.89. The van der Waals surface area contributed by atoms with Crippen molar-refractivity contribution in [1.82, 2.24) is 9.69 Å². The second-order valence-electron chi connectivity index (χ2n) is 6.86. The Labute approximate surface area is 135 Å². The number of carbonyl (C=O) groups is 1. The summed E-state index contributed by atoms with van der Waals surface area (Å²) in [5.74, 6) is 0.532. The maximum Gasteiger partial charge on any atom is 0.256 e. The van der Waals surface area contributed by atoms with Crippen molar-refractivity contribution in [2.75, 3.05) is 19.0 Å². The predicted molar refractivity (Wildman–Crippen MR) is 86.4 cm³/mol. The van der Waals surface area contributed by atoms with E-state index < -0.39 is 0 Å². The van der Waals surface area contributed by atoms with Crippen LogP contribution in [-0.2, 0) is 4.74 Å². The standard InChI is InChI=1S/C16H23N3O2S/c1-9-11(15(17-2)22-19-9)14(20)18-12-10-5-8-21-13(10)16(12)6-3-4-7-16/h10,12-13,17H,3-8H2,1-2H3,(H,18,20)/t10-,12-,13-/m1/s1. The lowest BCUT2D eigenvalue weighted by atomic mass is 9.54. The van der Waals surface area contributed by atoms with Gasteiger partial charge >= 0.3 is 0 Å². The molecule has 2 heterocycles. The van der Waals surface area contributed by atoms with Crippen molar-refractivity contribution in [3.05, 3.63) is 11.3 Å². The monoisotopic (exact) mass is 321 g/mol. The first kappa shape index (κ1) is 14.5. The second-order valence-corrected chi connectivity index (χ2v) is 7.63. The minimum absolute atomic E-state index is 0.0252. The van der Waals surface area contributed by atoms with E-state index in [0.29, 0.717) is 17.6 Å². The summed E-state index contributed by atoms with van der Waals surface area (Å²) in [7, 11) is 1.84. The predicted octanol–water partition coefficient (Wildman–Crippen LogP) is 2.57. The van der Waals surface area contributed by atoms with Crippen LogP contribution in [-0.4, -0.2) is 36.1 Å². The number of hydrogen-bond acceptors (Lipinski definition) is 5. The molecule has 1 aliphatic heterocycles. The largest absolute Gasteiger partial charge is 0.378 e. The van der Waals surface area contributed by atoms with E-state index in [0.717, 1.165) is 23.7 Å². The van der Waals surface area contributed by atoms with Crippen LogP contribution in [0, 0.1) is 18.3 Å². The number of rotatable bonds is 3. The third-order valence-corrected chi connectivity index (χ3v) is 6.85. The minimum atomic E-state index is 0.0252. The Kier molecular flexibility index (Phi) is 3.42. The smallest absolute Gasteiger partial charge is 0.256 e. The topological polar surface area (TPSA) is 63.2 Å². The van der Waals surface area contributed by atoms with Gasteiger partial charge in [-0.3, -0.25) is 4.79 Å². The van der Waals surface area contributed by atoms with Crippen molar-refractivity contribution in [3.63, 3.8) is 0 Å². The summed E-state index contributed by atoms with van der Waals surface area (Å²) in [6, 6.07) is 0.277. The van der Waals surface area contributed by atoms with Crippen LogP contribution in [0.5, 0.6) is 0 Å². The Morgan fingerprint density at radius 2 is 2.18 bits per heavy atom. The maximum atomic E-state index is 12.8. The van der Waals surface area contributed by atoms with Gasteiger partial charge in [0.1, 0.15) is 5.00 Å². The molecule has 3 atom stereocenters. The van der Waals surface area contributed by atoms with Gasteiger partial charge in [-0.25, -0.2) is 0 Å². The Morgan fingerprint density at radius 1 is 1.41 bits per heavy atom. The molecule has 0 radical (unpaired) electrons. The van der Waals surface area contributed by atoms with E-state index in [1.54, 1.807) is 0 Å². The van der Waals surface area contributed by atoms with Gasteiger partial charge in [0.25, 0.3) is 5.91 Å². The highest BCUT2D eigenvalue weighted by molar-refractivity contribution is 7.10. The molecule has 22 heavy (non-hydrogen) atoms. The van der Waals surface area contributed by atoms with E-state index in [2.05, 4.69) is 15.0 Å². The fraction of sp³-hybridized carbons (Fsp3) is 0.750. The lowest BCUT2D eigenvalue weighted by Gasteiger charge is -2.56. The van der Waals surface area contributed by atoms with Crippen LogP contribution >= 0.6 is 11.5 Å². The minimum Gasteiger partial charge on any atom is -0.378 e. The molecule has 1 amide bonds. The van der Waals surface area contributed by atoms with Crippen LogP contribution in [0.1, 0.15) is 48.2 Å². The highest BCUT2D eigenvalue weighted by atomic mass is 32.1. The van der Waals surface area contributed by atoms with Crippen molar-refractivity contribution >= 4 is 22.4 Å². The number of nitrogens with zero attached hydrogens (tertiary/aromatic N) is 1. The fourth-order valence-corrected chi connectivity index (χ4v) is 5.67. The zero-order chi connectivity index (χ0) is 15.3. The van der Waals surface area contributed by atoms with Gasteiger partial charge in [-0.15, -0.1) is 0 Å². The van der Waals surface area contributed by atoms with Crippen molar-refractivity contribution < 1.29 is 9.53 Å². The SMILES string of the molecule is CNc1snc(C)c1C(=O)N[C@@H]1[C@H]2CCO[C@H]2C12CCCC2. The zero-order valence-corrected chi connectivity index (χ0v) is 14.0. The highest BCUT2D eigenvalue weighted by Crippen LogP contribution is 2.60. The molecule has 3 fully saturated rings. The average molecular weight is 321 g/mol. The fourth-order valence-electron chi connectivity index (χ4n) is 4.93. The highest BCUT2D eigenvalue weighted by Gasteiger charge is 2.65. The number of carbonyl (C=O) groups excluding carboxylic acids is 1. The molecule has 0 aromatic carbocycles. The summed E-state index contributed by atoms with van der Waals surface area (Å²) < 4.78 is 10.3. The molecule has 1 aromatic rings. The molecule has 3 aliphatic rings. The van der Waals surface area contributed by atoms with Gasteiger partial charge in [-0.2, -0.15) is 4.37 Å². The average Bonchev–Trinajstić information content (AvgIpc) is 3.22. The van der Waals surface area contributed by atoms with E-state index in [1.807, 2.05) is 14.0 Å². The summed E-state index contributed by atoms with van der Waals surface area (Å²) in [5, 5.41) is 7.29. The van der Waals surface area contributed by atoms with Crippen LogP contribution in [0.4, 0.5) is 5.00 Å². The first-order valence-corrected chi connectivity index (χ1v) is 9.01. The second kappa shape index (κ2) is 5.20. The summed E-state index contributed by atoms with van der Waals surface area (Å²) in [6.45, 7) is 2.75. The Morgan fingerprint density at radius 3 is 2.91 bits per heavy atom. The van der Waals surface area contributed by atoms with E-state index in [4.69, 9.17) is 4.74 Å². The molecule has 5 nitrogen and oxygen atoms in total. The maximum absolute atomic E-state index is 12.8. The number of ether oxygens (including phenoxy) is 1. The molecule has 6 heteroatoms. The molecule has 2 saturated carbocycles.